The molecule has 2 rings (SSSR count). The molecule has 1 aliphatic heterocycles. The van der Waals surface area contributed by atoms with Crippen LogP contribution in [0.25, 0.3) is 0 Å². The van der Waals surface area contributed by atoms with Gasteiger partial charge in [-0.15, -0.1) is 0 Å². The van der Waals surface area contributed by atoms with Gasteiger partial charge in [0, 0.05) is 0 Å². The minimum atomic E-state index is -1.24. The minimum absolute atomic E-state index is 0.362. The largest absolute Gasteiger partial charge is 0.465 e. The predicted octanol–water partition coefficient (Wildman–Crippen LogP) is 2.35. The number of likely N-dealkylation sites (tertiary alicyclic amines) is 1. The number of carboxylic acid groups (broad SMARTS) is 1. The van der Waals surface area contributed by atoms with Gasteiger partial charge < -0.3 is 9.90 Å². The van der Waals surface area contributed by atoms with Crippen LogP contribution < -0.4 is 0 Å². The second-order valence-corrected chi connectivity index (χ2v) is 4.16. The fourth-order valence-electron chi connectivity index (χ4n) is 2.29. The van der Waals surface area contributed by atoms with Crippen LogP contribution in [0.4, 0.5) is 13.6 Å². The van der Waals surface area contributed by atoms with Crippen LogP contribution in [0.15, 0.2) is 18.2 Å². The summed E-state index contributed by atoms with van der Waals surface area (Å²) in [6.07, 6.45) is 0.133. The van der Waals surface area contributed by atoms with E-state index in [1.807, 2.05) is 0 Å². The minimum Gasteiger partial charge on any atom is -0.465 e. The number of nitrogens with zero attached hydrogens (tertiary/aromatic N) is 1. The van der Waals surface area contributed by atoms with Gasteiger partial charge in [-0.1, -0.05) is 6.07 Å². The monoisotopic (exact) mass is 255 g/mol. The highest BCUT2D eigenvalue weighted by molar-refractivity contribution is 5.73. The van der Waals surface area contributed by atoms with Crippen LogP contribution >= 0.6 is 0 Å². The lowest BCUT2D eigenvalue weighted by molar-refractivity contribution is -0.111. The lowest BCUT2D eigenvalue weighted by Crippen LogP contribution is -2.37. The molecule has 1 N–H and O–H groups in total. The van der Waals surface area contributed by atoms with Crippen molar-refractivity contribution in [3.63, 3.8) is 0 Å². The van der Waals surface area contributed by atoms with Crippen LogP contribution in [0.3, 0.4) is 0 Å². The quantitative estimate of drug-likeness (QED) is 0.825. The van der Waals surface area contributed by atoms with Crippen LogP contribution in [-0.4, -0.2) is 28.4 Å². The molecule has 0 bridgehead atoms. The first-order chi connectivity index (χ1) is 8.54. The van der Waals surface area contributed by atoms with Crippen molar-refractivity contribution >= 4 is 12.4 Å². The Hall–Kier alpha value is -1.98. The molecule has 1 aromatic carbocycles. The maximum atomic E-state index is 13.1. The smallest absolute Gasteiger partial charge is 0.408 e. The molecule has 4 nitrogen and oxygen atoms in total. The summed E-state index contributed by atoms with van der Waals surface area (Å²) >= 11 is 0. The number of hydrogen-bond donors (Lipinski definition) is 1. The van der Waals surface area contributed by atoms with Gasteiger partial charge in [0.2, 0.25) is 0 Å². The third kappa shape index (κ3) is 2.05. The topological polar surface area (TPSA) is 57.6 Å². The molecule has 1 heterocycles. The highest BCUT2D eigenvalue weighted by Gasteiger charge is 2.37. The van der Waals surface area contributed by atoms with E-state index in [9.17, 15) is 18.4 Å². The SMILES string of the molecule is O=C[C@H]1CC[C@@H](c2ccc(F)c(F)c2)N1C(=O)O. The molecule has 18 heavy (non-hydrogen) atoms. The number of benzene rings is 1. The molecule has 0 radical (unpaired) electrons. The van der Waals surface area contributed by atoms with Gasteiger partial charge in [0.15, 0.2) is 11.6 Å². The van der Waals surface area contributed by atoms with Crippen LogP contribution in [-0.2, 0) is 4.79 Å². The van der Waals surface area contributed by atoms with Gasteiger partial charge in [0.05, 0.1) is 12.1 Å². The Kier molecular flexibility index (Phi) is 3.27. The van der Waals surface area contributed by atoms with Crippen LogP contribution in [0, 0.1) is 11.6 Å². The normalized spacial score (nSPS) is 23.1. The zero-order valence-electron chi connectivity index (χ0n) is 9.35. The average molecular weight is 255 g/mol. The Morgan fingerprint density at radius 1 is 1.33 bits per heavy atom. The molecule has 1 aliphatic rings. The van der Waals surface area contributed by atoms with E-state index in [0.29, 0.717) is 24.7 Å². The predicted molar refractivity (Wildman–Crippen MR) is 58.0 cm³/mol. The van der Waals surface area contributed by atoms with Gasteiger partial charge in [0.25, 0.3) is 0 Å². The molecule has 0 saturated carbocycles. The number of hydrogen-bond acceptors (Lipinski definition) is 2. The van der Waals surface area contributed by atoms with Crippen molar-refractivity contribution < 1.29 is 23.5 Å². The Labute approximate surface area is 102 Å². The third-order valence-corrected chi connectivity index (χ3v) is 3.14. The lowest BCUT2D eigenvalue weighted by atomic mass is 10.0. The summed E-state index contributed by atoms with van der Waals surface area (Å²) in [7, 11) is 0. The molecule has 1 fully saturated rings. The number of carbonyl (C=O) groups is 2. The van der Waals surface area contributed by atoms with E-state index in [4.69, 9.17) is 5.11 Å². The molecular weight excluding hydrogens is 244 g/mol. The van der Waals surface area contributed by atoms with E-state index in [1.54, 1.807) is 0 Å². The van der Waals surface area contributed by atoms with Gasteiger partial charge in [-0.2, -0.15) is 0 Å². The van der Waals surface area contributed by atoms with E-state index >= 15 is 0 Å². The first-order valence-electron chi connectivity index (χ1n) is 5.46. The van der Waals surface area contributed by atoms with Crippen LogP contribution in [0.2, 0.25) is 0 Å². The van der Waals surface area contributed by atoms with E-state index in [1.165, 1.54) is 6.07 Å². The number of carbonyl (C=O) groups excluding carboxylic acids is 1. The molecule has 0 unspecified atom stereocenters. The Bertz CT molecular complexity index is 492. The van der Waals surface area contributed by atoms with Crippen molar-refractivity contribution in [1.29, 1.82) is 0 Å². The molecule has 1 aromatic rings. The van der Waals surface area contributed by atoms with Crippen LogP contribution in [0.5, 0.6) is 0 Å². The highest BCUT2D eigenvalue weighted by Crippen LogP contribution is 2.35. The van der Waals surface area contributed by atoms with E-state index in [2.05, 4.69) is 0 Å². The molecule has 0 spiro atoms. The number of rotatable bonds is 2. The Balaban J connectivity index is 2.34. The lowest BCUT2D eigenvalue weighted by Gasteiger charge is -2.25. The van der Waals surface area contributed by atoms with Crippen LogP contribution in [0.1, 0.15) is 24.4 Å². The van der Waals surface area contributed by atoms with E-state index in [-0.39, 0.29) is 0 Å². The Morgan fingerprint density at radius 3 is 2.61 bits per heavy atom. The Morgan fingerprint density at radius 2 is 2.06 bits per heavy atom. The fourth-order valence-corrected chi connectivity index (χ4v) is 2.29. The molecule has 0 aliphatic carbocycles. The molecule has 1 amide bonds. The fraction of sp³-hybridized carbons (Fsp3) is 0.333. The molecule has 1 saturated heterocycles. The highest BCUT2D eigenvalue weighted by atomic mass is 19.2. The van der Waals surface area contributed by atoms with E-state index in [0.717, 1.165) is 17.0 Å². The summed E-state index contributed by atoms with van der Waals surface area (Å²) in [5.41, 5.74) is 0.362. The molecule has 0 aromatic heterocycles. The van der Waals surface area contributed by atoms with Crippen molar-refractivity contribution in [2.24, 2.45) is 0 Å². The van der Waals surface area contributed by atoms with Crippen molar-refractivity contribution in [3.8, 4) is 0 Å². The number of amides is 1. The van der Waals surface area contributed by atoms with E-state index < -0.39 is 29.8 Å². The summed E-state index contributed by atoms with van der Waals surface area (Å²) in [5.74, 6) is -2.00. The first kappa shape index (κ1) is 12.5. The van der Waals surface area contributed by atoms with Gasteiger partial charge in [-0.25, -0.2) is 13.6 Å². The second-order valence-electron chi connectivity index (χ2n) is 4.16. The standard InChI is InChI=1S/C12H11F2NO3/c13-9-3-1-7(5-10(9)14)11-4-2-8(6-16)15(11)12(17)18/h1,3,5-6,8,11H,2,4H2,(H,17,18)/t8-,11+/m1/s1. The zero-order valence-corrected chi connectivity index (χ0v) is 9.35. The molecular formula is C12H11F2NO3. The second kappa shape index (κ2) is 4.72. The summed E-state index contributed by atoms with van der Waals surface area (Å²) in [6.45, 7) is 0. The molecule has 2 atom stereocenters. The molecule has 96 valence electrons. The van der Waals surface area contributed by atoms with Crippen molar-refractivity contribution in [2.75, 3.05) is 0 Å². The number of aldehydes is 1. The van der Waals surface area contributed by atoms with Gasteiger partial charge in [0.1, 0.15) is 6.29 Å². The van der Waals surface area contributed by atoms with Gasteiger partial charge in [-0.3, -0.25) is 4.90 Å². The maximum absolute atomic E-state index is 13.1. The summed E-state index contributed by atoms with van der Waals surface area (Å²) < 4.78 is 26.0. The van der Waals surface area contributed by atoms with Crippen molar-refractivity contribution in [3.05, 3.63) is 35.4 Å². The summed E-state index contributed by atoms with van der Waals surface area (Å²) in [6, 6.07) is 1.95. The zero-order chi connectivity index (χ0) is 13.3. The summed E-state index contributed by atoms with van der Waals surface area (Å²) in [4.78, 5) is 22.9. The van der Waals surface area contributed by atoms with Crippen molar-refractivity contribution in [2.45, 2.75) is 24.9 Å². The number of halogens is 2. The van der Waals surface area contributed by atoms with Gasteiger partial charge >= 0.3 is 6.09 Å². The van der Waals surface area contributed by atoms with Crippen molar-refractivity contribution in [1.82, 2.24) is 4.90 Å². The first-order valence-corrected chi connectivity index (χ1v) is 5.46. The maximum Gasteiger partial charge on any atom is 0.408 e. The summed E-state index contributed by atoms with van der Waals surface area (Å²) in [5, 5.41) is 9.07. The van der Waals surface area contributed by atoms with Gasteiger partial charge in [-0.05, 0) is 30.5 Å². The molecule has 6 heteroatoms. The average Bonchev–Trinajstić information content (AvgIpc) is 2.76. The third-order valence-electron chi connectivity index (χ3n) is 3.14.